The van der Waals surface area contributed by atoms with Gasteiger partial charge in [-0.25, -0.2) is 0 Å². The summed E-state index contributed by atoms with van der Waals surface area (Å²) < 4.78 is 22.8. The molecule has 19 nitrogen and oxygen atoms in total. The van der Waals surface area contributed by atoms with Gasteiger partial charge in [0.05, 0.1) is 13.2 Å². The minimum Gasteiger partial charge on any atom is -0.481 e. The van der Waals surface area contributed by atoms with Crippen LogP contribution in [0.3, 0.4) is 0 Å². The molecule has 0 radical (unpaired) electrons. The third-order valence-electron chi connectivity index (χ3n) is 6.79. The summed E-state index contributed by atoms with van der Waals surface area (Å²) in [6.07, 6.45) is -15.0. The minimum absolute atomic E-state index is 0.324. The monoisotopic (exact) mass is 624 g/mol. The maximum Gasteiger partial charge on any atom is 0.303 e. The highest BCUT2D eigenvalue weighted by atomic mass is 16.7. The Morgan fingerprint density at radius 2 is 1.47 bits per heavy atom. The molecule has 0 aromatic carbocycles. The van der Waals surface area contributed by atoms with Gasteiger partial charge in [0.25, 0.3) is 0 Å². The molecule has 2 rings (SSSR count). The summed E-state index contributed by atoms with van der Waals surface area (Å²) in [5.41, 5.74) is 5.27. The molecule has 246 valence electrons. The summed E-state index contributed by atoms with van der Waals surface area (Å²) >= 11 is 0. The number of hydrogen-bond donors (Lipinski definition) is 10. The molecule has 2 aliphatic rings. The van der Waals surface area contributed by atoms with Crippen molar-refractivity contribution in [3.8, 4) is 0 Å². The lowest BCUT2D eigenvalue weighted by molar-refractivity contribution is -0.333. The highest BCUT2D eigenvalue weighted by Gasteiger charge is 2.52. The van der Waals surface area contributed by atoms with Crippen molar-refractivity contribution < 1.29 is 73.6 Å². The van der Waals surface area contributed by atoms with Crippen molar-refractivity contribution in [2.45, 2.75) is 107 Å². The van der Waals surface area contributed by atoms with E-state index in [-0.39, 0.29) is 6.42 Å². The molecule has 2 aliphatic heterocycles. The van der Waals surface area contributed by atoms with E-state index in [0.29, 0.717) is 0 Å². The first kappa shape index (κ1) is 36.2. The maximum atomic E-state index is 12.9. The van der Waals surface area contributed by atoms with Crippen LogP contribution in [0.15, 0.2) is 0 Å². The SMILES string of the molecule is CC(=O)N[C@@H]1C(O[C@@H](C)C(=O)NC(CCC(=O)O)C(N)=O)C(OC2O[C@H](CO)[C@@H](O)[C@H](O)[C@H]2NC(C)=O)[C@@H](CO)O[C@@H]1O. The molecule has 19 heteroatoms. The molecule has 43 heavy (non-hydrogen) atoms. The highest BCUT2D eigenvalue weighted by molar-refractivity contribution is 5.88. The third kappa shape index (κ3) is 9.74. The van der Waals surface area contributed by atoms with Crippen LogP contribution in [0.2, 0.25) is 0 Å². The highest BCUT2D eigenvalue weighted by Crippen LogP contribution is 2.31. The maximum absolute atomic E-state index is 12.9. The minimum atomic E-state index is -1.81. The molecular weight excluding hydrogens is 584 g/mol. The van der Waals surface area contributed by atoms with E-state index in [4.69, 9.17) is 29.8 Å². The van der Waals surface area contributed by atoms with E-state index in [2.05, 4.69) is 16.0 Å². The average Bonchev–Trinajstić information content (AvgIpc) is 2.92. The molecule has 0 spiro atoms. The van der Waals surface area contributed by atoms with Crippen molar-refractivity contribution in [3.05, 3.63) is 0 Å². The average molecular weight is 625 g/mol. The van der Waals surface area contributed by atoms with Crippen LogP contribution < -0.4 is 21.7 Å². The van der Waals surface area contributed by atoms with Crippen LogP contribution in [-0.2, 0) is 42.9 Å². The second-order valence-electron chi connectivity index (χ2n) is 10.1. The molecule has 0 saturated carbocycles. The van der Waals surface area contributed by atoms with Gasteiger partial charge < -0.3 is 71.3 Å². The normalized spacial score (nSPS) is 34.0. The zero-order chi connectivity index (χ0) is 32.6. The molecule has 0 bridgehead atoms. The quantitative estimate of drug-likeness (QED) is 0.0860. The summed E-state index contributed by atoms with van der Waals surface area (Å²) in [4.78, 5) is 59.5. The van der Waals surface area contributed by atoms with Crippen LogP contribution in [-0.4, -0.2) is 147 Å². The number of aliphatic hydroxyl groups excluding tert-OH is 5. The Morgan fingerprint density at radius 3 is 1.98 bits per heavy atom. The largest absolute Gasteiger partial charge is 0.481 e. The van der Waals surface area contributed by atoms with Crippen LogP contribution in [0.25, 0.3) is 0 Å². The van der Waals surface area contributed by atoms with Gasteiger partial charge in [-0.1, -0.05) is 0 Å². The smallest absolute Gasteiger partial charge is 0.303 e. The van der Waals surface area contributed by atoms with Gasteiger partial charge in [0.15, 0.2) is 12.6 Å². The molecule has 4 amide bonds. The zero-order valence-electron chi connectivity index (χ0n) is 23.7. The van der Waals surface area contributed by atoms with Crippen LogP contribution in [0, 0.1) is 0 Å². The number of nitrogens with one attached hydrogen (secondary N) is 3. The fourth-order valence-corrected chi connectivity index (χ4v) is 4.66. The topological polar surface area (TPSA) is 306 Å². The van der Waals surface area contributed by atoms with E-state index in [1.165, 1.54) is 6.92 Å². The molecule has 2 saturated heterocycles. The number of carbonyl (C=O) groups excluding carboxylic acids is 4. The van der Waals surface area contributed by atoms with Gasteiger partial charge in [0.1, 0.15) is 60.9 Å². The number of carboxylic acids is 1. The Balaban J connectivity index is 2.42. The Hall–Kier alpha value is -3.01. The van der Waals surface area contributed by atoms with Gasteiger partial charge in [-0.05, 0) is 13.3 Å². The first-order valence-electron chi connectivity index (χ1n) is 13.3. The van der Waals surface area contributed by atoms with Gasteiger partial charge in [-0.15, -0.1) is 0 Å². The fraction of sp³-hybridized carbons (Fsp3) is 0.792. The Morgan fingerprint density at radius 1 is 0.884 bits per heavy atom. The van der Waals surface area contributed by atoms with Crippen molar-refractivity contribution in [2.24, 2.45) is 5.73 Å². The summed E-state index contributed by atoms with van der Waals surface area (Å²) in [6, 6.07) is -4.27. The number of ether oxygens (including phenoxy) is 4. The van der Waals surface area contributed by atoms with E-state index in [1.54, 1.807) is 0 Å². The summed E-state index contributed by atoms with van der Waals surface area (Å²) in [7, 11) is 0. The van der Waals surface area contributed by atoms with Crippen molar-refractivity contribution in [3.63, 3.8) is 0 Å². The molecule has 0 aromatic heterocycles. The Bertz CT molecular complexity index is 1000. The van der Waals surface area contributed by atoms with Crippen LogP contribution in [0.1, 0.15) is 33.6 Å². The summed E-state index contributed by atoms with van der Waals surface area (Å²) in [6.45, 7) is 1.85. The van der Waals surface area contributed by atoms with E-state index in [0.717, 1.165) is 13.8 Å². The predicted molar refractivity (Wildman–Crippen MR) is 138 cm³/mol. The standard InChI is InChI=1S/C24H40N4O15/c1-8(22(38)28-11(21(25)37)4-5-14(33)34)40-20-16(27-10(3)32)23(39)41-13(7-30)19(20)43-24-15(26-9(2)31)18(36)17(35)12(6-29)42-24/h8,11-13,15-20,23-24,29-30,35-36,39H,4-7H2,1-3H3,(H2,25,37)(H,26,31)(H,27,32)(H,28,38)(H,33,34)/t8-,11?,12+,13+,15+,16+,17+,18+,19?,20?,23-,24?/m0/s1. The summed E-state index contributed by atoms with van der Waals surface area (Å²) in [5, 5.41) is 67.2. The van der Waals surface area contributed by atoms with Crippen molar-refractivity contribution >= 4 is 29.6 Å². The molecule has 2 fully saturated rings. The van der Waals surface area contributed by atoms with Gasteiger partial charge >= 0.3 is 5.97 Å². The lowest BCUT2D eigenvalue weighted by Crippen LogP contribution is -2.70. The van der Waals surface area contributed by atoms with E-state index >= 15 is 0 Å². The molecule has 0 aliphatic carbocycles. The van der Waals surface area contributed by atoms with Crippen LogP contribution in [0.5, 0.6) is 0 Å². The Labute approximate surface area is 245 Å². The molecule has 4 unspecified atom stereocenters. The van der Waals surface area contributed by atoms with E-state index in [1.807, 2.05) is 0 Å². The van der Waals surface area contributed by atoms with Crippen LogP contribution in [0.4, 0.5) is 0 Å². The molecule has 0 aromatic rings. The number of primary amides is 1. The number of nitrogens with two attached hydrogens (primary N) is 1. The van der Waals surface area contributed by atoms with Gasteiger partial charge in [-0.3, -0.25) is 24.0 Å². The lowest BCUT2D eigenvalue weighted by atomic mass is 9.94. The first-order valence-corrected chi connectivity index (χ1v) is 13.3. The Kier molecular flexibility index (Phi) is 13.6. The molecule has 2 heterocycles. The van der Waals surface area contributed by atoms with Crippen molar-refractivity contribution in [2.75, 3.05) is 13.2 Å². The first-order chi connectivity index (χ1) is 20.1. The second-order valence-corrected chi connectivity index (χ2v) is 10.1. The number of carbonyl (C=O) groups is 5. The third-order valence-corrected chi connectivity index (χ3v) is 6.79. The number of rotatable bonds is 14. The lowest BCUT2D eigenvalue weighted by Gasteiger charge is -2.48. The number of hydrogen-bond acceptors (Lipinski definition) is 14. The van der Waals surface area contributed by atoms with Crippen molar-refractivity contribution in [1.82, 2.24) is 16.0 Å². The molecule has 12 atom stereocenters. The second kappa shape index (κ2) is 16.2. The summed E-state index contributed by atoms with van der Waals surface area (Å²) in [5.74, 6) is -4.53. The number of amides is 4. The number of aliphatic carboxylic acids is 1. The van der Waals surface area contributed by atoms with Crippen molar-refractivity contribution in [1.29, 1.82) is 0 Å². The molecular formula is C24H40N4O15. The zero-order valence-corrected chi connectivity index (χ0v) is 23.7. The fourth-order valence-electron chi connectivity index (χ4n) is 4.66. The van der Waals surface area contributed by atoms with Gasteiger partial charge in [-0.2, -0.15) is 0 Å². The predicted octanol–water partition coefficient (Wildman–Crippen LogP) is -5.86. The van der Waals surface area contributed by atoms with Gasteiger partial charge in [0.2, 0.25) is 23.6 Å². The number of aliphatic hydroxyl groups is 5. The molecule has 11 N–H and O–H groups in total. The van der Waals surface area contributed by atoms with E-state index in [9.17, 15) is 49.5 Å². The van der Waals surface area contributed by atoms with E-state index < -0.39 is 123 Å². The van der Waals surface area contributed by atoms with Crippen LogP contribution >= 0.6 is 0 Å². The van der Waals surface area contributed by atoms with Gasteiger partial charge in [0, 0.05) is 20.3 Å². The number of carboxylic acid groups (broad SMARTS) is 1.